The van der Waals surface area contributed by atoms with Crippen LogP contribution in [0.2, 0.25) is 0 Å². The fraction of sp³-hybridized carbons (Fsp3) is 0.417. The van der Waals surface area contributed by atoms with Gasteiger partial charge in [0.05, 0.1) is 18.2 Å². The Bertz CT molecular complexity index is 1170. The summed E-state index contributed by atoms with van der Waals surface area (Å²) < 4.78 is 50.2. The number of nitrogens with zero attached hydrogens (tertiary/aromatic N) is 2. The number of rotatable bonds is 8. The quantitative estimate of drug-likeness (QED) is 0.473. The molecule has 0 saturated heterocycles. The molecule has 1 aromatic heterocycles. The second kappa shape index (κ2) is 9.63. The third-order valence-corrected chi connectivity index (χ3v) is 5.98. The number of halogens is 3. The second-order valence-electron chi connectivity index (χ2n) is 8.50. The monoisotopic (exact) mass is 478 g/mol. The van der Waals surface area contributed by atoms with Crippen molar-refractivity contribution in [3.63, 3.8) is 0 Å². The van der Waals surface area contributed by atoms with E-state index in [1.54, 1.807) is 18.3 Å². The van der Waals surface area contributed by atoms with Crippen LogP contribution in [-0.4, -0.2) is 44.5 Å². The lowest BCUT2D eigenvalue weighted by molar-refractivity contribution is -0.274. The standard InChI is InChI=1S/C24H25F3N2O5/c1-14-9-10-15(11-19(14)34-24(25,26)27)22(30)20(33-17-6-2-3-7-17)13-29-12-16-5-4-8-18(23(31)32)21(16)28-29/h4-5,8-12,17,20,22,30H,2-3,6-7,13H2,1H3,(H,31,32)/t20-,22+/m0/s1. The molecular weight excluding hydrogens is 453 g/mol. The fourth-order valence-corrected chi connectivity index (χ4v) is 4.28. The molecule has 0 radical (unpaired) electrons. The van der Waals surface area contributed by atoms with Crippen molar-refractivity contribution in [1.82, 2.24) is 9.78 Å². The first-order valence-corrected chi connectivity index (χ1v) is 11.0. The number of aliphatic hydroxyl groups excluding tert-OH is 1. The smallest absolute Gasteiger partial charge is 0.478 e. The summed E-state index contributed by atoms with van der Waals surface area (Å²) in [7, 11) is 0. The van der Waals surface area contributed by atoms with Crippen LogP contribution in [-0.2, 0) is 11.3 Å². The van der Waals surface area contributed by atoms with Gasteiger partial charge in [-0.1, -0.05) is 37.1 Å². The van der Waals surface area contributed by atoms with Gasteiger partial charge in [-0.15, -0.1) is 13.2 Å². The fourth-order valence-electron chi connectivity index (χ4n) is 4.28. The van der Waals surface area contributed by atoms with Crippen LogP contribution in [0, 0.1) is 6.92 Å². The van der Waals surface area contributed by atoms with Gasteiger partial charge in [0.25, 0.3) is 0 Å². The van der Waals surface area contributed by atoms with Gasteiger partial charge in [-0.3, -0.25) is 4.68 Å². The number of carboxylic acids is 1. The number of carbonyl (C=O) groups is 1. The molecule has 2 atom stereocenters. The highest BCUT2D eigenvalue weighted by atomic mass is 19.4. The van der Waals surface area contributed by atoms with Gasteiger partial charge in [-0.05, 0) is 43.0 Å². The van der Waals surface area contributed by atoms with E-state index in [1.807, 2.05) is 0 Å². The van der Waals surface area contributed by atoms with Crippen LogP contribution in [0.25, 0.3) is 10.9 Å². The number of aromatic nitrogens is 2. The van der Waals surface area contributed by atoms with Gasteiger partial charge in [-0.2, -0.15) is 5.10 Å². The first-order chi connectivity index (χ1) is 16.1. The molecule has 2 N–H and O–H groups in total. The average molecular weight is 478 g/mol. The van der Waals surface area contributed by atoms with Crippen molar-refractivity contribution < 1.29 is 37.7 Å². The summed E-state index contributed by atoms with van der Waals surface area (Å²) in [5.74, 6) is -1.49. The molecule has 1 heterocycles. The first-order valence-electron chi connectivity index (χ1n) is 11.0. The van der Waals surface area contributed by atoms with E-state index in [1.165, 1.54) is 35.9 Å². The van der Waals surface area contributed by atoms with Gasteiger partial charge < -0.3 is 19.7 Å². The summed E-state index contributed by atoms with van der Waals surface area (Å²) in [6, 6.07) is 8.96. The Morgan fingerprint density at radius 2 is 1.97 bits per heavy atom. The van der Waals surface area contributed by atoms with Crippen molar-refractivity contribution >= 4 is 16.9 Å². The van der Waals surface area contributed by atoms with E-state index < -0.39 is 24.5 Å². The van der Waals surface area contributed by atoms with E-state index in [9.17, 15) is 28.2 Å². The van der Waals surface area contributed by atoms with Crippen molar-refractivity contribution in [1.29, 1.82) is 0 Å². The lowest BCUT2D eigenvalue weighted by atomic mass is 10.0. The van der Waals surface area contributed by atoms with Crippen molar-refractivity contribution in [3.8, 4) is 5.75 Å². The Kier molecular flexibility index (Phi) is 6.81. The molecule has 1 saturated carbocycles. The van der Waals surface area contributed by atoms with Gasteiger partial charge >= 0.3 is 12.3 Å². The minimum atomic E-state index is -4.86. The Hall–Kier alpha value is -3.11. The maximum atomic E-state index is 12.8. The number of hydrogen-bond donors (Lipinski definition) is 2. The molecule has 34 heavy (non-hydrogen) atoms. The molecule has 0 aliphatic heterocycles. The Labute approximate surface area is 193 Å². The first kappa shape index (κ1) is 24.0. The van der Waals surface area contributed by atoms with Gasteiger partial charge in [0.2, 0.25) is 0 Å². The van der Waals surface area contributed by atoms with E-state index in [4.69, 9.17) is 4.74 Å². The summed E-state index contributed by atoms with van der Waals surface area (Å²) in [6.07, 6.45) is -1.73. The lowest BCUT2D eigenvalue weighted by Gasteiger charge is -2.27. The zero-order valence-corrected chi connectivity index (χ0v) is 18.5. The Morgan fingerprint density at radius 3 is 2.65 bits per heavy atom. The number of ether oxygens (including phenoxy) is 2. The average Bonchev–Trinajstić information content (AvgIpc) is 3.42. The summed E-state index contributed by atoms with van der Waals surface area (Å²) in [5, 5.41) is 25.6. The molecule has 7 nitrogen and oxygen atoms in total. The highest BCUT2D eigenvalue weighted by Gasteiger charge is 2.33. The highest BCUT2D eigenvalue weighted by Crippen LogP contribution is 2.33. The number of fused-ring (bicyclic) bond motifs is 1. The number of aliphatic hydroxyl groups is 1. The predicted octanol–water partition coefficient (Wildman–Crippen LogP) is 5.00. The summed E-state index contributed by atoms with van der Waals surface area (Å²) in [6.45, 7) is 1.56. The van der Waals surface area contributed by atoms with Crippen LogP contribution in [0.3, 0.4) is 0 Å². The second-order valence-corrected chi connectivity index (χ2v) is 8.50. The predicted molar refractivity (Wildman–Crippen MR) is 117 cm³/mol. The van der Waals surface area contributed by atoms with Crippen LogP contribution in [0.1, 0.15) is 53.3 Å². The van der Waals surface area contributed by atoms with Gasteiger partial charge in [0.15, 0.2) is 0 Å². The van der Waals surface area contributed by atoms with Crippen molar-refractivity contribution in [2.45, 2.75) is 63.8 Å². The number of aromatic carboxylic acids is 1. The minimum Gasteiger partial charge on any atom is -0.478 e. The summed E-state index contributed by atoms with van der Waals surface area (Å²) >= 11 is 0. The van der Waals surface area contributed by atoms with Gasteiger partial charge in [0, 0.05) is 11.6 Å². The van der Waals surface area contributed by atoms with E-state index >= 15 is 0 Å². The minimum absolute atomic E-state index is 0.0533. The number of alkyl halides is 3. The highest BCUT2D eigenvalue weighted by molar-refractivity contribution is 6.01. The molecule has 0 spiro atoms. The van der Waals surface area contributed by atoms with Gasteiger partial charge in [-0.25, -0.2) is 4.79 Å². The van der Waals surface area contributed by atoms with Crippen LogP contribution < -0.4 is 4.74 Å². The Morgan fingerprint density at radius 1 is 1.24 bits per heavy atom. The van der Waals surface area contributed by atoms with Crippen LogP contribution in [0.4, 0.5) is 13.2 Å². The molecule has 0 unspecified atom stereocenters. The summed E-state index contributed by atoms with van der Waals surface area (Å²) in [4.78, 5) is 11.5. The topological polar surface area (TPSA) is 93.8 Å². The zero-order valence-electron chi connectivity index (χ0n) is 18.5. The molecule has 1 fully saturated rings. The molecule has 4 rings (SSSR count). The largest absolute Gasteiger partial charge is 0.573 e. The maximum Gasteiger partial charge on any atom is 0.573 e. The van der Waals surface area contributed by atoms with Gasteiger partial charge in [0.1, 0.15) is 23.5 Å². The molecule has 1 aliphatic rings. The molecule has 10 heteroatoms. The van der Waals surface area contributed by atoms with Crippen LogP contribution in [0.15, 0.2) is 42.6 Å². The molecule has 3 aromatic rings. The Balaban J connectivity index is 1.64. The van der Waals surface area contributed by atoms with Crippen LogP contribution >= 0.6 is 0 Å². The molecule has 2 aromatic carbocycles. The third kappa shape index (κ3) is 5.51. The van der Waals surface area contributed by atoms with Crippen molar-refractivity contribution in [3.05, 3.63) is 59.3 Å². The SMILES string of the molecule is Cc1ccc([C@@H](O)[C@H](Cn2cc3cccc(C(=O)O)c3n2)OC2CCCC2)cc1OC(F)(F)F. The van der Waals surface area contributed by atoms with E-state index in [0.29, 0.717) is 10.9 Å². The molecule has 0 bridgehead atoms. The number of carboxylic acid groups (broad SMARTS) is 1. The summed E-state index contributed by atoms with van der Waals surface area (Å²) in [5.41, 5.74) is 0.856. The molecule has 0 amide bonds. The maximum absolute atomic E-state index is 12.8. The van der Waals surface area contributed by atoms with Crippen LogP contribution in [0.5, 0.6) is 5.75 Å². The van der Waals surface area contributed by atoms with E-state index in [2.05, 4.69) is 9.84 Å². The molecule has 1 aliphatic carbocycles. The van der Waals surface area contributed by atoms with E-state index in [0.717, 1.165) is 25.7 Å². The number of benzene rings is 2. The van der Waals surface area contributed by atoms with Crippen molar-refractivity contribution in [2.75, 3.05) is 0 Å². The lowest BCUT2D eigenvalue weighted by Crippen LogP contribution is -2.31. The molecule has 182 valence electrons. The van der Waals surface area contributed by atoms with Crippen molar-refractivity contribution in [2.24, 2.45) is 0 Å². The number of hydrogen-bond acceptors (Lipinski definition) is 5. The number of aryl methyl sites for hydroxylation is 1. The van der Waals surface area contributed by atoms with E-state index in [-0.39, 0.29) is 35.1 Å². The normalized spacial score (nSPS) is 16.6. The third-order valence-electron chi connectivity index (χ3n) is 5.98. The molecular formula is C24H25F3N2O5. The zero-order chi connectivity index (χ0) is 24.5.